The van der Waals surface area contributed by atoms with E-state index in [0.717, 1.165) is 11.3 Å². The van der Waals surface area contributed by atoms with Crippen LogP contribution in [0.4, 0.5) is 4.39 Å². The maximum absolute atomic E-state index is 13.2. The van der Waals surface area contributed by atoms with Crippen LogP contribution < -0.4 is 0 Å². The standard InChI is InChI=1S/C13H10FN2/c1-2-12(14)10-3-5-11(6-4-10)13-7-8-15-9-16-13/h2-9H,1H2/b12-2+. The van der Waals surface area contributed by atoms with Gasteiger partial charge in [-0.25, -0.2) is 14.4 Å². The highest BCUT2D eigenvalue weighted by molar-refractivity contribution is 5.65. The lowest BCUT2D eigenvalue weighted by Gasteiger charge is -2.01. The highest BCUT2D eigenvalue weighted by Gasteiger charge is 2.01. The fourth-order valence-corrected chi connectivity index (χ4v) is 1.38. The minimum atomic E-state index is -0.325. The van der Waals surface area contributed by atoms with E-state index in [1.807, 2.05) is 18.2 Å². The van der Waals surface area contributed by atoms with Gasteiger partial charge in [-0.15, -0.1) is 0 Å². The van der Waals surface area contributed by atoms with E-state index in [1.54, 1.807) is 18.3 Å². The number of allylic oxidation sites excluding steroid dienone is 1. The van der Waals surface area contributed by atoms with Gasteiger partial charge in [-0.05, 0) is 19.1 Å². The third-order valence-corrected chi connectivity index (χ3v) is 2.22. The smallest absolute Gasteiger partial charge is 0.126 e. The molecule has 0 saturated carbocycles. The Balaban J connectivity index is 2.34. The van der Waals surface area contributed by atoms with Gasteiger partial charge in [-0.2, -0.15) is 0 Å². The van der Waals surface area contributed by atoms with Crippen molar-refractivity contribution in [2.24, 2.45) is 0 Å². The van der Waals surface area contributed by atoms with E-state index in [4.69, 9.17) is 0 Å². The number of hydrogen-bond donors (Lipinski definition) is 0. The first-order valence-electron chi connectivity index (χ1n) is 4.83. The molecular weight excluding hydrogens is 203 g/mol. The highest BCUT2D eigenvalue weighted by Crippen LogP contribution is 2.20. The lowest BCUT2D eigenvalue weighted by Crippen LogP contribution is -1.84. The Morgan fingerprint density at radius 3 is 2.50 bits per heavy atom. The van der Waals surface area contributed by atoms with Crippen molar-refractivity contribution in [2.45, 2.75) is 0 Å². The summed E-state index contributed by atoms with van der Waals surface area (Å²) in [5.74, 6) is -0.325. The molecule has 1 aromatic carbocycles. The molecule has 16 heavy (non-hydrogen) atoms. The Labute approximate surface area is 93.5 Å². The molecule has 0 aliphatic carbocycles. The van der Waals surface area contributed by atoms with Gasteiger partial charge in [0.05, 0.1) is 5.69 Å². The van der Waals surface area contributed by atoms with Gasteiger partial charge in [-0.3, -0.25) is 0 Å². The second-order valence-corrected chi connectivity index (χ2v) is 3.22. The molecule has 1 aromatic heterocycles. The zero-order chi connectivity index (χ0) is 11.4. The molecule has 0 spiro atoms. The van der Waals surface area contributed by atoms with Crippen molar-refractivity contribution in [3.05, 3.63) is 61.4 Å². The van der Waals surface area contributed by atoms with Crippen molar-refractivity contribution in [3.8, 4) is 11.3 Å². The van der Waals surface area contributed by atoms with Crippen LogP contribution in [-0.2, 0) is 0 Å². The van der Waals surface area contributed by atoms with Crippen molar-refractivity contribution in [1.29, 1.82) is 0 Å². The minimum Gasteiger partial charge on any atom is -0.245 e. The quantitative estimate of drug-likeness (QED) is 0.765. The molecule has 0 unspecified atom stereocenters. The molecule has 2 aromatic rings. The van der Waals surface area contributed by atoms with E-state index in [9.17, 15) is 4.39 Å². The van der Waals surface area contributed by atoms with E-state index < -0.39 is 0 Å². The Morgan fingerprint density at radius 1 is 1.19 bits per heavy atom. The van der Waals surface area contributed by atoms with Crippen molar-refractivity contribution in [3.63, 3.8) is 0 Å². The molecule has 0 aliphatic rings. The van der Waals surface area contributed by atoms with Crippen LogP contribution in [0.2, 0.25) is 0 Å². The third-order valence-electron chi connectivity index (χ3n) is 2.22. The summed E-state index contributed by atoms with van der Waals surface area (Å²) >= 11 is 0. The minimum absolute atomic E-state index is 0.325. The molecule has 0 amide bonds. The first-order chi connectivity index (χ1) is 7.81. The Kier molecular flexibility index (Phi) is 3.05. The molecule has 3 heteroatoms. The van der Waals surface area contributed by atoms with Gasteiger partial charge in [0, 0.05) is 17.3 Å². The van der Waals surface area contributed by atoms with Gasteiger partial charge in [0.15, 0.2) is 0 Å². The van der Waals surface area contributed by atoms with Crippen LogP contribution in [0, 0.1) is 6.92 Å². The molecule has 0 fully saturated rings. The third kappa shape index (κ3) is 2.14. The first kappa shape index (κ1) is 10.5. The van der Waals surface area contributed by atoms with Crippen LogP contribution in [0.1, 0.15) is 5.56 Å². The number of nitrogens with zero attached hydrogens (tertiary/aromatic N) is 2. The summed E-state index contributed by atoms with van der Waals surface area (Å²) in [4.78, 5) is 7.95. The summed E-state index contributed by atoms with van der Waals surface area (Å²) in [6.45, 7) is 3.38. The van der Waals surface area contributed by atoms with Gasteiger partial charge in [0.1, 0.15) is 12.2 Å². The maximum atomic E-state index is 13.2. The van der Waals surface area contributed by atoms with Crippen LogP contribution >= 0.6 is 0 Å². The van der Waals surface area contributed by atoms with Crippen LogP contribution in [0.3, 0.4) is 0 Å². The number of benzene rings is 1. The predicted octanol–water partition coefficient (Wildman–Crippen LogP) is 3.29. The Bertz CT molecular complexity index is 489. The monoisotopic (exact) mass is 213 g/mol. The van der Waals surface area contributed by atoms with E-state index in [-0.39, 0.29) is 5.83 Å². The Hall–Kier alpha value is -2.03. The van der Waals surface area contributed by atoms with Crippen LogP contribution in [0.25, 0.3) is 17.1 Å². The average molecular weight is 213 g/mol. The normalized spacial score (nSPS) is 11.5. The molecule has 0 atom stereocenters. The fraction of sp³-hybridized carbons (Fsp3) is 0. The number of aromatic nitrogens is 2. The zero-order valence-corrected chi connectivity index (χ0v) is 8.60. The second-order valence-electron chi connectivity index (χ2n) is 3.22. The van der Waals surface area contributed by atoms with Crippen molar-refractivity contribution >= 4 is 5.83 Å². The number of halogens is 1. The largest absolute Gasteiger partial charge is 0.245 e. The molecule has 0 bridgehead atoms. The van der Waals surface area contributed by atoms with Gasteiger partial charge >= 0.3 is 0 Å². The molecule has 2 nitrogen and oxygen atoms in total. The molecule has 2 rings (SSSR count). The Morgan fingerprint density at radius 2 is 1.94 bits per heavy atom. The molecule has 79 valence electrons. The van der Waals surface area contributed by atoms with Gasteiger partial charge in [0.25, 0.3) is 0 Å². The van der Waals surface area contributed by atoms with Gasteiger partial charge in [-0.1, -0.05) is 24.3 Å². The van der Waals surface area contributed by atoms with Gasteiger partial charge in [0.2, 0.25) is 0 Å². The van der Waals surface area contributed by atoms with Crippen molar-refractivity contribution in [2.75, 3.05) is 0 Å². The molecule has 0 aliphatic heterocycles. The topological polar surface area (TPSA) is 25.8 Å². The number of hydrogen-bond acceptors (Lipinski definition) is 2. The van der Waals surface area contributed by atoms with Crippen LogP contribution in [0.5, 0.6) is 0 Å². The fourth-order valence-electron chi connectivity index (χ4n) is 1.38. The molecule has 0 saturated heterocycles. The summed E-state index contributed by atoms with van der Waals surface area (Å²) in [6.07, 6.45) is 4.35. The first-order valence-corrected chi connectivity index (χ1v) is 4.83. The van der Waals surface area contributed by atoms with Gasteiger partial charge < -0.3 is 0 Å². The summed E-state index contributed by atoms with van der Waals surface area (Å²) in [5.41, 5.74) is 2.27. The zero-order valence-electron chi connectivity index (χ0n) is 8.60. The summed E-state index contributed by atoms with van der Waals surface area (Å²) in [5, 5.41) is 0. The molecule has 0 N–H and O–H groups in total. The summed E-state index contributed by atoms with van der Waals surface area (Å²) in [6, 6.07) is 8.85. The lowest BCUT2D eigenvalue weighted by atomic mass is 10.1. The van der Waals surface area contributed by atoms with Crippen LogP contribution in [0.15, 0.2) is 48.9 Å². The molecule has 1 radical (unpaired) electrons. The van der Waals surface area contributed by atoms with E-state index in [0.29, 0.717) is 5.56 Å². The SMILES string of the molecule is [CH2]/C=C(/F)c1ccc(-c2ccncn2)cc1. The van der Waals surface area contributed by atoms with E-state index in [1.165, 1.54) is 12.4 Å². The average Bonchev–Trinajstić information content (AvgIpc) is 2.39. The maximum Gasteiger partial charge on any atom is 0.126 e. The summed E-state index contributed by atoms with van der Waals surface area (Å²) in [7, 11) is 0. The van der Waals surface area contributed by atoms with Crippen molar-refractivity contribution in [1.82, 2.24) is 9.97 Å². The highest BCUT2D eigenvalue weighted by atomic mass is 19.1. The molecular formula is C13H10FN2. The van der Waals surface area contributed by atoms with Crippen LogP contribution in [-0.4, -0.2) is 9.97 Å². The lowest BCUT2D eigenvalue weighted by molar-refractivity contribution is 0.760. The van der Waals surface area contributed by atoms with Crippen molar-refractivity contribution < 1.29 is 4.39 Å². The number of rotatable bonds is 2. The summed E-state index contributed by atoms with van der Waals surface area (Å²) < 4.78 is 13.2. The predicted molar refractivity (Wildman–Crippen MR) is 61.9 cm³/mol. The van der Waals surface area contributed by atoms with E-state index in [2.05, 4.69) is 16.9 Å². The van der Waals surface area contributed by atoms with E-state index >= 15 is 0 Å². The second kappa shape index (κ2) is 4.66. The molecule has 1 heterocycles.